The molecule has 0 aromatic heterocycles. The van der Waals surface area contributed by atoms with Crippen molar-refractivity contribution in [3.8, 4) is 5.75 Å². The molecule has 1 unspecified atom stereocenters. The third-order valence-corrected chi connectivity index (χ3v) is 2.49. The first-order chi connectivity index (χ1) is 6.94. The average molecular weight is 238 g/mol. The van der Waals surface area contributed by atoms with Crippen LogP contribution in [0.3, 0.4) is 0 Å². The Morgan fingerprint density at radius 2 is 1.87 bits per heavy atom. The Hall–Kier alpha value is -0.970. The van der Waals surface area contributed by atoms with E-state index < -0.39 is 14.2 Å². The van der Waals surface area contributed by atoms with Gasteiger partial charge in [0, 0.05) is 12.7 Å². The summed E-state index contributed by atoms with van der Waals surface area (Å²) in [5.41, 5.74) is -0.187. The Morgan fingerprint density at radius 3 is 2.27 bits per heavy atom. The lowest BCUT2D eigenvalue weighted by molar-refractivity contribution is 0.151. The van der Waals surface area contributed by atoms with E-state index in [2.05, 4.69) is 9.05 Å². The molecule has 0 aliphatic heterocycles. The van der Waals surface area contributed by atoms with Crippen molar-refractivity contribution in [1.29, 1.82) is 0 Å². The predicted molar refractivity (Wildman–Crippen MR) is 48.9 cm³/mol. The molecule has 84 valence electrons. The molecular formula is C8H9F2O4P. The van der Waals surface area contributed by atoms with Crippen LogP contribution < -0.4 is 4.52 Å². The topological polar surface area (TPSA) is 55.8 Å². The molecule has 0 aliphatic carbocycles. The number of phosphoric acid groups is 1. The van der Waals surface area contributed by atoms with Crippen LogP contribution >= 0.6 is 7.82 Å². The van der Waals surface area contributed by atoms with Crippen LogP contribution in [0.2, 0.25) is 0 Å². The van der Waals surface area contributed by atoms with Gasteiger partial charge in [0.25, 0.3) is 6.43 Å². The number of hydrogen-bond acceptors (Lipinski definition) is 3. The van der Waals surface area contributed by atoms with Crippen LogP contribution in [0.15, 0.2) is 24.3 Å². The van der Waals surface area contributed by atoms with Crippen molar-refractivity contribution in [2.24, 2.45) is 0 Å². The Bertz CT molecular complexity index is 365. The zero-order valence-electron chi connectivity index (χ0n) is 7.76. The summed E-state index contributed by atoms with van der Waals surface area (Å²) >= 11 is 0. The second-order valence-electron chi connectivity index (χ2n) is 2.61. The summed E-state index contributed by atoms with van der Waals surface area (Å²) in [6.45, 7) is 0. The molecule has 7 heteroatoms. The lowest BCUT2D eigenvalue weighted by Crippen LogP contribution is -1.94. The van der Waals surface area contributed by atoms with E-state index in [1.165, 1.54) is 12.1 Å². The van der Waals surface area contributed by atoms with Crippen LogP contribution in [-0.2, 0) is 9.09 Å². The normalized spacial score (nSPS) is 15.0. The fourth-order valence-corrected chi connectivity index (χ4v) is 1.31. The SMILES string of the molecule is COP(=O)(O)Oc1ccc(C(F)F)cc1. The van der Waals surface area contributed by atoms with Crippen molar-refractivity contribution < 1.29 is 27.3 Å². The first-order valence-corrected chi connectivity index (χ1v) is 5.40. The third-order valence-electron chi connectivity index (χ3n) is 1.58. The fourth-order valence-electron chi connectivity index (χ4n) is 0.845. The van der Waals surface area contributed by atoms with Crippen molar-refractivity contribution >= 4 is 7.82 Å². The summed E-state index contributed by atoms with van der Waals surface area (Å²) in [7, 11) is -3.11. The molecule has 1 atom stereocenters. The van der Waals surface area contributed by atoms with E-state index in [1.807, 2.05) is 0 Å². The average Bonchev–Trinajstić information content (AvgIpc) is 2.18. The number of phosphoric ester groups is 1. The summed E-state index contributed by atoms with van der Waals surface area (Å²) in [5.74, 6) is -0.00733. The van der Waals surface area contributed by atoms with E-state index in [1.54, 1.807) is 0 Å². The van der Waals surface area contributed by atoms with Crippen molar-refractivity contribution in [2.75, 3.05) is 7.11 Å². The van der Waals surface area contributed by atoms with Gasteiger partial charge < -0.3 is 4.52 Å². The van der Waals surface area contributed by atoms with Crippen LogP contribution in [0.25, 0.3) is 0 Å². The minimum atomic E-state index is -4.12. The first kappa shape index (κ1) is 12.1. The summed E-state index contributed by atoms with van der Waals surface area (Å²) in [6, 6.07) is 4.55. The van der Waals surface area contributed by atoms with Gasteiger partial charge in [0.05, 0.1) is 0 Å². The van der Waals surface area contributed by atoms with Gasteiger partial charge in [-0.25, -0.2) is 13.3 Å². The smallest absolute Gasteiger partial charge is 0.404 e. The number of benzene rings is 1. The summed E-state index contributed by atoms with van der Waals surface area (Å²) in [4.78, 5) is 8.92. The molecular weight excluding hydrogens is 229 g/mol. The van der Waals surface area contributed by atoms with E-state index in [-0.39, 0.29) is 11.3 Å². The lowest BCUT2D eigenvalue weighted by Gasteiger charge is -2.10. The van der Waals surface area contributed by atoms with Gasteiger partial charge in [0.15, 0.2) is 0 Å². The van der Waals surface area contributed by atoms with Gasteiger partial charge in [-0.2, -0.15) is 0 Å². The van der Waals surface area contributed by atoms with Crippen molar-refractivity contribution in [1.82, 2.24) is 0 Å². The maximum Gasteiger partial charge on any atom is 0.527 e. The maximum atomic E-state index is 12.1. The van der Waals surface area contributed by atoms with E-state index in [0.29, 0.717) is 0 Å². The van der Waals surface area contributed by atoms with E-state index >= 15 is 0 Å². The summed E-state index contributed by atoms with van der Waals surface area (Å²) < 4.78 is 43.9. The van der Waals surface area contributed by atoms with Gasteiger partial charge in [0.2, 0.25) is 0 Å². The van der Waals surface area contributed by atoms with Gasteiger partial charge in [-0.05, 0) is 24.3 Å². The second-order valence-corrected chi connectivity index (χ2v) is 4.10. The van der Waals surface area contributed by atoms with Crippen LogP contribution in [0.4, 0.5) is 8.78 Å². The van der Waals surface area contributed by atoms with Gasteiger partial charge in [0.1, 0.15) is 5.75 Å². The number of hydrogen-bond donors (Lipinski definition) is 1. The summed E-state index contributed by atoms with van der Waals surface area (Å²) in [6.07, 6.45) is -2.58. The van der Waals surface area contributed by atoms with Crippen LogP contribution in [0, 0.1) is 0 Å². The predicted octanol–water partition coefficient (Wildman–Crippen LogP) is 2.75. The molecule has 0 bridgehead atoms. The van der Waals surface area contributed by atoms with Crippen LogP contribution in [-0.4, -0.2) is 12.0 Å². The molecule has 0 spiro atoms. The number of alkyl halides is 2. The fraction of sp³-hybridized carbons (Fsp3) is 0.250. The maximum absolute atomic E-state index is 12.1. The quantitative estimate of drug-likeness (QED) is 0.819. The molecule has 1 aromatic carbocycles. The molecule has 15 heavy (non-hydrogen) atoms. The monoisotopic (exact) mass is 238 g/mol. The molecule has 0 amide bonds. The molecule has 4 nitrogen and oxygen atoms in total. The van der Waals surface area contributed by atoms with Crippen molar-refractivity contribution in [2.45, 2.75) is 6.43 Å². The highest BCUT2D eigenvalue weighted by atomic mass is 31.2. The largest absolute Gasteiger partial charge is 0.527 e. The zero-order chi connectivity index (χ0) is 11.5. The molecule has 0 fully saturated rings. The molecule has 0 heterocycles. The van der Waals surface area contributed by atoms with E-state index in [0.717, 1.165) is 19.2 Å². The molecule has 1 rings (SSSR count). The Labute approximate surface area is 85.1 Å². The standard InChI is InChI=1S/C8H9F2O4P/c1-13-15(11,12)14-7-4-2-6(3-5-7)8(9)10/h2-5,8H,1H3,(H,11,12). The van der Waals surface area contributed by atoms with E-state index in [4.69, 9.17) is 4.89 Å². The highest BCUT2D eigenvalue weighted by Crippen LogP contribution is 2.42. The van der Waals surface area contributed by atoms with Gasteiger partial charge in [-0.3, -0.25) is 9.42 Å². The minimum absolute atomic E-state index is 0.00733. The van der Waals surface area contributed by atoms with Gasteiger partial charge in [-0.15, -0.1) is 0 Å². The summed E-state index contributed by atoms with van der Waals surface area (Å²) in [5, 5.41) is 0. The molecule has 1 N–H and O–H groups in total. The Balaban J connectivity index is 2.77. The lowest BCUT2D eigenvalue weighted by atomic mass is 10.2. The van der Waals surface area contributed by atoms with Crippen LogP contribution in [0.5, 0.6) is 5.75 Å². The minimum Gasteiger partial charge on any atom is -0.404 e. The zero-order valence-corrected chi connectivity index (χ0v) is 8.66. The Kier molecular flexibility index (Phi) is 3.79. The molecule has 1 aromatic rings. The van der Waals surface area contributed by atoms with Crippen molar-refractivity contribution in [3.63, 3.8) is 0 Å². The van der Waals surface area contributed by atoms with Crippen LogP contribution in [0.1, 0.15) is 12.0 Å². The third kappa shape index (κ3) is 3.58. The first-order valence-electron chi connectivity index (χ1n) is 3.91. The highest BCUT2D eigenvalue weighted by Gasteiger charge is 2.20. The number of rotatable bonds is 4. The van der Waals surface area contributed by atoms with Gasteiger partial charge >= 0.3 is 7.82 Å². The molecule has 0 aliphatic rings. The number of halogens is 2. The Morgan fingerprint density at radius 1 is 1.33 bits per heavy atom. The molecule has 0 saturated heterocycles. The van der Waals surface area contributed by atoms with E-state index in [9.17, 15) is 13.3 Å². The van der Waals surface area contributed by atoms with Crippen molar-refractivity contribution in [3.05, 3.63) is 29.8 Å². The molecule has 0 radical (unpaired) electrons. The second kappa shape index (κ2) is 4.70. The highest BCUT2D eigenvalue weighted by molar-refractivity contribution is 7.47. The van der Waals surface area contributed by atoms with Gasteiger partial charge in [-0.1, -0.05) is 0 Å². The molecule has 0 saturated carbocycles.